The van der Waals surface area contributed by atoms with E-state index in [-0.39, 0.29) is 17.1 Å². The van der Waals surface area contributed by atoms with Crippen LogP contribution in [0.2, 0.25) is 0 Å². The van der Waals surface area contributed by atoms with Crippen LogP contribution in [0.15, 0.2) is 41.3 Å². The van der Waals surface area contributed by atoms with Gasteiger partial charge in [0.25, 0.3) is 5.91 Å². The molecule has 0 fully saturated rings. The van der Waals surface area contributed by atoms with Gasteiger partial charge in [-0.15, -0.1) is 0 Å². The predicted octanol–water partition coefficient (Wildman–Crippen LogP) is 3.43. The number of hydrogen-bond acceptors (Lipinski definition) is 3. The van der Waals surface area contributed by atoms with Gasteiger partial charge in [0.15, 0.2) is 11.6 Å². The molecule has 0 aliphatic rings. The van der Waals surface area contributed by atoms with E-state index in [1.807, 2.05) is 6.92 Å². The first-order valence-corrected chi connectivity index (χ1v) is 9.28. The smallest absolute Gasteiger partial charge is 0.258 e. The molecule has 0 aliphatic carbocycles. The first kappa shape index (κ1) is 19.9. The number of nitrogens with one attached hydrogen (secondary N) is 2. The zero-order chi connectivity index (χ0) is 19.3. The van der Waals surface area contributed by atoms with Crippen molar-refractivity contribution < 1.29 is 26.4 Å². The van der Waals surface area contributed by atoms with E-state index in [9.17, 15) is 26.4 Å². The molecule has 9 heteroatoms. The first-order valence-electron chi connectivity index (χ1n) is 7.80. The summed E-state index contributed by atoms with van der Waals surface area (Å²) in [5.74, 6) is -4.21. The van der Waals surface area contributed by atoms with Crippen LogP contribution < -0.4 is 10.0 Å². The standard InChI is InChI=1S/C17H17F3N2O3S/c1-2-3-8-21-26(24,25)12-5-7-14(18)13(10-12)17(23)22-11-4-6-15(19)16(20)9-11/h4-7,9-10,21H,2-3,8H2,1H3,(H,22,23). The molecule has 0 saturated heterocycles. The van der Waals surface area contributed by atoms with Crippen LogP contribution in [-0.4, -0.2) is 20.9 Å². The second-order valence-electron chi connectivity index (χ2n) is 5.48. The molecule has 140 valence electrons. The molecule has 0 spiro atoms. The Bertz CT molecular complexity index is 917. The van der Waals surface area contributed by atoms with Crippen LogP contribution in [0.25, 0.3) is 0 Å². The lowest BCUT2D eigenvalue weighted by molar-refractivity contribution is 0.102. The average molecular weight is 386 g/mol. The van der Waals surface area contributed by atoms with E-state index >= 15 is 0 Å². The summed E-state index contributed by atoms with van der Waals surface area (Å²) in [6, 6.07) is 5.42. The number of sulfonamides is 1. The molecule has 2 aromatic carbocycles. The Balaban J connectivity index is 2.25. The van der Waals surface area contributed by atoms with Crippen LogP contribution in [0, 0.1) is 17.5 Å². The lowest BCUT2D eigenvalue weighted by Gasteiger charge is -2.10. The van der Waals surface area contributed by atoms with Crippen LogP contribution in [-0.2, 0) is 10.0 Å². The molecule has 0 bridgehead atoms. The van der Waals surface area contributed by atoms with Gasteiger partial charge in [-0.05, 0) is 36.8 Å². The topological polar surface area (TPSA) is 75.3 Å². The maximum Gasteiger partial charge on any atom is 0.258 e. The SMILES string of the molecule is CCCCNS(=O)(=O)c1ccc(F)c(C(=O)Nc2ccc(F)c(F)c2)c1. The van der Waals surface area contributed by atoms with E-state index in [2.05, 4.69) is 10.0 Å². The highest BCUT2D eigenvalue weighted by Gasteiger charge is 2.19. The Labute approximate surface area is 149 Å². The van der Waals surface area contributed by atoms with Crippen molar-refractivity contribution in [3.8, 4) is 0 Å². The van der Waals surface area contributed by atoms with Crippen molar-refractivity contribution in [2.75, 3.05) is 11.9 Å². The van der Waals surface area contributed by atoms with Crippen molar-refractivity contribution >= 4 is 21.6 Å². The molecule has 0 aromatic heterocycles. The van der Waals surface area contributed by atoms with E-state index in [0.717, 1.165) is 42.8 Å². The number of hydrogen-bond donors (Lipinski definition) is 2. The molecule has 0 radical (unpaired) electrons. The van der Waals surface area contributed by atoms with Gasteiger partial charge < -0.3 is 5.32 Å². The number of carbonyl (C=O) groups is 1. The molecule has 5 nitrogen and oxygen atoms in total. The van der Waals surface area contributed by atoms with Crippen molar-refractivity contribution in [1.29, 1.82) is 0 Å². The Morgan fingerprint density at radius 2 is 1.69 bits per heavy atom. The number of carbonyl (C=O) groups excluding carboxylic acids is 1. The number of anilines is 1. The summed E-state index contributed by atoms with van der Waals surface area (Å²) in [4.78, 5) is 11.9. The second kappa shape index (κ2) is 8.33. The van der Waals surface area contributed by atoms with E-state index in [4.69, 9.17) is 0 Å². The van der Waals surface area contributed by atoms with Crippen molar-refractivity contribution in [2.45, 2.75) is 24.7 Å². The maximum atomic E-state index is 14.0. The van der Waals surface area contributed by atoms with E-state index < -0.39 is 38.9 Å². The number of unbranched alkanes of at least 4 members (excludes halogenated alkanes) is 1. The minimum absolute atomic E-state index is 0.0948. The molecular weight excluding hydrogens is 369 g/mol. The number of rotatable bonds is 7. The zero-order valence-electron chi connectivity index (χ0n) is 13.9. The van der Waals surface area contributed by atoms with Crippen molar-refractivity contribution in [1.82, 2.24) is 4.72 Å². The third kappa shape index (κ3) is 4.83. The Morgan fingerprint density at radius 3 is 2.35 bits per heavy atom. The molecule has 0 aliphatic heterocycles. The maximum absolute atomic E-state index is 14.0. The molecule has 1 amide bonds. The second-order valence-corrected chi connectivity index (χ2v) is 7.24. The van der Waals surface area contributed by atoms with Gasteiger partial charge in [-0.1, -0.05) is 13.3 Å². The average Bonchev–Trinajstić information content (AvgIpc) is 2.58. The van der Waals surface area contributed by atoms with Crippen LogP contribution in [0.5, 0.6) is 0 Å². The van der Waals surface area contributed by atoms with E-state index in [1.54, 1.807) is 0 Å². The normalized spacial score (nSPS) is 11.4. The highest BCUT2D eigenvalue weighted by atomic mass is 32.2. The summed E-state index contributed by atoms with van der Waals surface area (Å²) in [6.45, 7) is 2.11. The number of halogens is 3. The van der Waals surface area contributed by atoms with Crippen LogP contribution in [0.4, 0.5) is 18.9 Å². The van der Waals surface area contributed by atoms with Gasteiger partial charge in [-0.2, -0.15) is 0 Å². The summed E-state index contributed by atoms with van der Waals surface area (Å²) in [5.41, 5.74) is -0.629. The Kier molecular flexibility index (Phi) is 6.38. The molecule has 2 N–H and O–H groups in total. The number of benzene rings is 2. The molecule has 0 atom stereocenters. The minimum Gasteiger partial charge on any atom is -0.322 e. The van der Waals surface area contributed by atoms with Crippen molar-refractivity contribution in [3.05, 3.63) is 59.4 Å². The van der Waals surface area contributed by atoms with Gasteiger partial charge in [0.1, 0.15) is 5.82 Å². The minimum atomic E-state index is -3.90. The third-order valence-corrected chi connectivity index (χ3v) is 4.95. The van der Waals surface area contributed by atoms with E-state index in [0.29, 0.717) is 6.42 Å². The van der Waals surface area contributed by atoms with Gasteiger partial charge in [-0.3, -0.25) is 4.79 Å². The van der Waals surface area contributed by atoms with Gasteiger partial charge >= 0.3 is 0 Å². The summed E-state index contributed by atoms with van der Waals surface area (Å²) in [7, 11) is -3.90. The van der Waals surface area contributed by atoms with Gasteiger partial charge in [0.05, 0.1) is 10.5 Å². The molecule has 0 unspecified atom stereocenters. The molecule has 0 heterocycles. The van der Waals surface area contributed by atoms with Gasteiger partial charge in [0.2, 0.25) is 10.0 Å². The first-order chi connectivity index (χ1) is 12.2. The lowest BCUT2D eigenvalue weighted by Crippen LogP contribution is -2.25. The van der Waals surface area contributed by atoms with E-state index in [1.165, 1.54) is 0 Å². The van der Waals surface area contributed by atoms with Crippen LogP contribution in [0.1, 0.15) is 30.1 Å². The fourth-order valence-corrected chi connectivity index (χ4v) is 3.18. The third-order valence-electron chi connectivity index (χ3n) is 3.49. The van der Waals surface area contributed by atoms with Crippen LogP contribution >= 0.6 is 0 Å². The highest BCUT2D eigenvalue weighted by Crippen LogP contribution is 2.18. The Hall–Kier alpha value is -2.39. The summed E-state index contributed by atoms with van der Waals surface area (Å²) >= 11 is 0. The fourth-order valence-electron chi connectivity index (χ4n) is 2.08. The van der Waals surface area contributed by atoms with Gasteiger partial charge in [-0.25, -0.2) is 26.3 Å². The van der Waals surface area contributed by atoms with Crippen molar-refractivity contribution in [3.63, 3.8) is 0 Å². The summed E-state index contributed by atoms with van der Waals surface area (Å²) in [6.07, 6.45) is 1.41. The van der Waals surface area contributed by atoms with Crippen molar-refractivity contribution in [2.24, 2.45) is 0 Å². The predicted molar refractivity (Wildman–Crippen MR) is 90.8 cm³/mol. The molecule has 2 rings (SSSR count). The molecule has 2 aromatic rings. The van der Waals surface area contributed by atoms with Gasteiger partial charge in [0, 0.05) is 18.3 Å². The lowest BCUT2D eigenvalue weighted by atomic mass is 10.2. The molecule has 0 saturated carbocycles. The largest absolute Gasteiger partial charge is 0.322 e. The van der Waals surface area contributed by atoms with Crippen LogP contribution in [0.3, 0.4) is 0 Å². The Morgan fingerprint density at radius 1 is 1.00 bits per heavy atom. The quantitative estimate of drug-likeness (QED) is 0.716. The number of amides is 1. The fraction of sp³-hybridized carbons (Fsp3) is 0.235. The molecule has 26 heavy (non-hydrogen) atoms. The summed E-state index contributed by atoms with van der Waals surface area (Å²) in [5, 5.41) is 2.20. The highest BCUT2D eigenvalue weighted by molar-refractivity contribution is 7.89. The summed E-state index contributed by atoms with van der Waals surface area (Å²) < 4.78 is 66.8. The zero-order valence-corrected chi connectivity index (χ0v) is 14.7. The monoisotopic (exact) mass is 386 g/mol. The molecular formula is C17H17F3N2O3S.